The van der Waals surface area contributed by atoms with Crippen molar-refractivity contribution in [3.05, 3.63) is 36.2 Å². The first kappa shape index (κ1) is 9.89. The van der Waals surface area contributed by atoms with Crippen molar-refractivity contribution in [3.63, 3.8) is 0 Å². The minimum Gasteiger partial charge on any atom is -0.493 e. The molecule has 0 fully saturated rings. The number of ether oxygens (including phenoxy) is 1. The molecule has 0 radical (unpaired) electrons. The zero-order valence-corrected chi connectivity index (χ0v) is 9.54. The van der Waals surface area contributed by atoms with E-state index < -0.39 is 0 Å². The summed E-state index contributed by atoms with van der Waals surface area (Å²) < 4.78 is 12.6. The maximum atomic E-state index is 5.55. The molecule has 17 heavy (non-hydrogen) atoms. The lowest BCUT2D eigenvalue weighted by atomic mass is 10.4. The molecule has 0 bridgehead atoms. The normalized spacial score (nSPS) is 10.9. The van der Waals surface area contributed by atoms with Crippen LogP contribution in [0, 0.1) is 6.92 Å². The molecule has 0 N–H and O–H groups in total. The van der Waals surface area contributed by atoms with Gasteiger partial charge in [-0.15, -0.1) is 10.2 Å². The largest absolute Gasteiger partial charge is 0.493 e. The zero-order valence-electron chi connectivity index (χ0n) is 9.54. The lowest BCUT2D eigenvalue weighted by Crippen LogP contribution is -1.91. The fourth-order valence-corrected chi connectivity index (χ4v) is 1.77. The molecule has 0 aromatic carbocycles. The van der Waals surface area contributed by atoms with Crippen LogP contribution in [0.1, 0.15) is 5.76 Å². The van der Waals surface area contributed by atoms with Crippen molar-refractivity contribution in [2.45, 2.75) is 6.92 Å². The summed E-state index contributed by atoms with van der Waals surface area (Å²) in [6.45, 7) is 1.90. The lowest BCUT2D eigenvalue weighted by Gasteiger charge is -2.01. The fourth-order valence-electron chi connectivity index (χ4n) is 1.77. The van der Waals surface area contributed by atoms with Gasteiger partial charge in [0.1, 0.15) is 5.76 Å². The van der Waals surface area contributed by atoms with E-state index >= 15 is 0 Å². The van der Waals surface area contributed by atoms with Crippen LogP contribution in [0.5, 0.6) is 5.75 Å². The second-order valence-corrected chi connectivity index (χ2v) is 3.70. The second-order valence-electron chi connectivity index (χ2n) is 3.70. The third kappa shape index (κ3) is 1.47. The van der Waals surface area contributed by atoms with Gasteiger partial charge < -0.3 is 9.15 Å². The summed E-state index contributed by atoms with van der Waals surface area (Å²) in [5.41, 5.74) is 0.680. The van der Waals surface area contributed by atoms with Crippen LogP contribution in [0.25, 0.3) is 17.2 Å². The zero-order chi connectivity index (χ0) is 11.8. The number of rotatable bonds is 2. The monoisotopic (exact) mass is 229 g/mol. The third-order valence-electron chi connectivity index (χ3n) is 2.58. The molecule has 0 saturated carbocycles. The highest BCUT2D eigenvalue weighted by Crippen LogP contribution is 2.24. The Balaban J connectivity index is 2.25. The average molecular weight is 229 g/mol. The van der Waals surface area contributed by atoms with Gasteiger partial charge in [-0.1, -0.05) is 0 Å². The van der Waals surface area contributed by atoms with Crippen molar-refractivity contribution in [2.75, 3.05) is 7.11 Å². The van der Waals surface area contributed by atoms with E-state index in [-0.39, 0.29) is 0 Å². The van der Waals surface area contributed by atoms with E-state index in [2.05, 4.69) is 10.2 Å². The smallest absolute Gasteiger partial charge is 0.204 e. The lowest BCUT2D eigenvalue weighted by molar-refractivity contribution is 0.417. The SMILES string of the molecule is COc1cccn2c(-c3ccc(C)o3)nnc12. The molecule has 0 aliphatic carbocycles. The van der Waals surface area contributed by atoms with Gasteiger partial charge in [0.15, 0.2) is 11.5 Å². The summed E-state index contributed by atoms with van der Waals surface area (Å²) in [5.74, 6) is 2.91. The molecule has 86 valence electrons. The van der Waals surface area contributed by atoms with Crippen molar-refractivity contribution in [1.82, 2.24) is 14.6 Å². The van der Waals surface area contributed by atoms with Gasteiger partial charge in [0.2, 0.25) is 11.5 Å². The summed E-state index contributed by atoms with van der Waals surface area (Å²) in [6.07, 6.45) is 1.88. The van der Waals surface area contributed by atoms with Crippen LogP contribution in [-0.4, -0.2) is 21.7 Å². The van der Waals surface area contributed by atoms with Crippen molar-refractivity contribution in [1.29, 1.82) is 0 Å². The Kier molecular flexibility index (Phi) is 2.11. The molecular formula is C12H11N3O2. The fraction of sp³-hybridized carbons (Fsp3) is 0.167. The highest BCUT2D eigenvalue weighted by molar-refractivity contribution is 5.60. The number of furan rings is 1. The molecule has 0 amide bonds. The van der Waals surface area contributed by atoms with E-state index in [1.165, 1.54) is 0 Å². The van der Waals surface area contributed by atoms with Crippen LogP contribution in [0.4, 0.5) is 0 Å². The van der Waals surface area contributed by atoms with E-state index in [0.717, 1.165) is 5.76 Å². The average Bonchev–Trinajstić information content (AvgIpc) is 2.94. The van der Waals surface area contributed by atoms with Crippen LogP contribution in [0.3, 0.4) is 0 Å². The molecule has 0 aliphatic rings. The first-order chi connectivity index (χ1) is 8.29. The predicted octanol–water partition coefficient (Wildman–Crippen LogP) is 2.31. The Morgan fingerprint density at radius 3 is 2.82 bits per heavy atom. The molecule has 3 heterocycles. The molecule has 0 saturated heterocycles. The molecule has 0 atom stereocenters. The second kappa shape index (κ2) is 3.62. The van der Waals surface area contributed by atoms with Crippen molar-refractivity contribution in [3.8, 4) is 17.3 Å². The number of hydrogen-bond donors (Lipinski definition) is 0. The van der Waals surface area contributed by atoms with E-state index in [1.54, 1.807) is 7.11 Å². The number of pyridine rings is 1. The van der Waals surface area contributed by atoms with Gasteiger partial charge in [-0.25, -0.2) is 0 Å². The molecule has 0 unspecified atom stereocenters. The molecular weight excluding hydrogens is 218 g/mol. The number of aromatic nitrogens is 3. The maximum absolute atomic E-state index is 5.55. The van der Waals surface area contributed by atoms with Crippen LogP contribution in [0.2, 0.25) is 0 Å². The predicted molar refractivity (Wildman–Crippen MR) is 62.0 cm³/mol. The number of nitrogens with zero attached hydrogens (tertiary/aromatic N) is 3. The highest BCUT2D eigenvalue weighted by atomic mass is 16.5. The molecule has 5 heteroatoms. The van der Waals surface area contributed by atoms with Gasteiger partial charge >= 0.3 is 0 Å². The molecule has 0 aliphatic heterocycles. The van der Waals surface area contributed by atoms with Crippen LogP contribution >= 0.6 is 0 Å². The van der Waals surface area contributed by atoms with Gasteiger partial charge in [-0.2, -0.15) is 0 Å². The molecule has 3 aromatic rings. The van der Waals surface area contributed by atoms with Gasteiger partial charge in [-0.3, -0.25) is 4.40 Å². The van der Waals surface area contributed by atoms with E-state index in [0.29, 0.717) is 23.0 Å². The number of methoxy groups -OCH3 is 1. The summed E-state index contributed by atoms with van der Waals surface area (Å²) >= 11 is 0. The summed E-state index contributed by atoms with van der Waals surface area (Å²) in [5, 5.41) is 8.23. The van der Waals surface area contributed by atoms with Crippen molar-refractivity contribution < 1.29 is 9.15 Å². The summed E-state index contributed by atoms with van der Waals surface area (Å²) in [4.78, 5) is 0. The minimum absolute atomic E-state index is 0.673. The van der Waals surface area contributed by atoms with Crippen LogP contribution in [-0.2, 0) is 0 Å². The minimum atomic E-state index is 0.673. The van der Waals surface area contributed by atoms with Crippen molar-refractivity contribution >= 4 is 5.65 Å². The highest BCUT2D eigenvalue weighted by Gasteiger charge is 2.13. The van der Waals surface area contributed by atoms with Gasteiger partial charge in [0.05, 0.1) is 7.11 Å². The number of fused-ring (bicyclic) bond motifs is 1. The van der Waals surface area contributed by atoms with Crippen LogP contribution < -0.4 is 4.74 Å². The molecule has 0 spiro atoms. The first-order valence-electron chi connectivity index (χ1n) is 5.24. The summed E-state index contributed by atoms with van der Waals surface area (Å²) in [7, 11) is 1.61. The van der Waals surface area contributed by atoms with Crippen molar-refractivity contribution in [2.24, 2.45) is 0 Å². The Labute approximate surface area is 97.7 Å². The van der Waals surface area contributed by atoms with Gasteiger partial charge in [0, 0.05) is 6.20 Å². The standard InChI is InChI=1S/C12H11N3O2/c1-8-5-6-10(17-8)12-14-13-11-9(16-2)4-3-7-15(11)12/h3-7H,1-2H3. The Morgan fingerprint density at radius 1 is 1.24 bits per heavy atom. The first-order valence-corrected chi connectivity index (χ1v) is 5.24. The number of aryl methyl sites for hydroxylation is 1. The Morgan fingerprint density at radius 2 is 2.12 bits per heavy atom. The van der Waals surface area contributed by atoms with E-state index in [1.807, 2.05) is 41.8 Å². The molecule has 3 rings (SSSR count). The number of hydrogen-bond acceptors (Lipinski definition) is 4. The maximum Gasteiger partial charge on any atom is 0.204 e. The van der Waals surface area contributed by atoms with Gasteiger partial charge in [0.25, 0.3) is 0 Å². The summed E-state index contributed by atoms with van der Waals surface area (Å²) in [6, 6.07) is 7.51. The quantitative estimate of drug-likeness (QED) is 0.676. The van der Waals surface area contributed by atoms with Crippen LogP contribution in [0.15, 0.2) is 34.9 Å². The van der Waals surface area contributed by atoms with E-state index in [9.17, 15) is 0 Å². The van der Waals surface area contributed by atoms with Gasteiger partial charge in [-0.05, 0) is 31.2 Å². The Hall–Kier alpha value is -2.30. The molecule has 3 aromatic heterocycles. The molecule has 5 nitrogen and oxygen atoms in total. The third-order valence-corrected chi connectivity index (χ3v) is 2.58. The topological polar surface area (TPSA) is 52.6 Å². The Bertz CT molecular complexity index is 669. The van der Waals surface area contributed by atoms with E-state index in [4.69, 9.17) is 9.15 Å².